The number of nitrogens with one attached hydrogen (secondary N) is 2. The van der Waals surface area contributed by atoms with E-state index < -0.39 is 11.6 Å². The predicted octanol–water partition coefficient (Wildman–Crippen LogP) is 1.11. The molecule has 0 saturated carbocycles. The normalized spacial score (nSPS) is 27.6. The Bertz CT molecular complexity index is 590. The van der Waals surface area contributed by atoms with Crippen molar-refractivity contribution in [2.75, 3.05) is 27.2 Å². The molecule has 1 aromatic rings. The van der Waals surface area contributed by atoms with Gasteiger partial charge in [0.2, 0.25) is 5.91 Å². The Morgan fingerprint density at radius 1 is 1.29 bits per heavy atom. The molecule has 0 aromatic heterocycles. The van der Waals surface area contributed by atoms with Gasteiger partial charge in [0, 0.05) is 45.3 Å². The number of carbonyl (C=O) groups is 1. The van der Waals surface area contributed by atoms with Gasteiger partial charge in [0.25, 0.3) is 0 Å². The zero-order valence-corrected chi connectivity index (χ0v) is 14.1. The highest BCUT2D eigenvalue weighted by Crippen LogP contribution is 2.28. The second-order valence-electron chi connectivity index (χ2n) is 6.85. The van der Waals surface area contributed by atoms with Crippen molar-refractivity contribution in [2.45, 2.75) is 31.5 Å². The number of halogens is 2. The Balaban J connectivity index is 1.74. The monoisotopic (exact) mass is 338 g/mol. The molecule has 0 radical (unpaired) electrons. The fraction of sp³-hybridized carbons (Fsp3) is 0.588. The van der Waals surface area contributed by atoms with Gasteiger partial charge in [0.15, 0.2) is 0 Å². The maximum absolute atomic E-state index is 13.4. The minimum absolute atomic E-state index is 0.000746. The van der Waals surface area contributed by atoms with Crippen LogP contribution in [-0.4, -0.2) is 55.0 Å². The predicted molar refractivity (Wildman–Crippen MR) is 86.9 cm³/mol. The molecule has 24 heavy (non-hydrogen) atoms. The molecule has 0 bridgehead atoms. The standard InChI is InChI=1S/C17H24F2N4O/c1-22(2)17(24)14-9-20-21-16(14)15-4-3-5-23(15)10-11-6-12(18)8-13(19)7-11/h6-8,14-16,20-21H,3-5,9-10H2,1-2H3. The van der Waals surface area contributed by atoms with Gasteiger partial charge in [0.1, 0.15) is 11.6 Å². The first-order chi connectivity index (χ1) is 11.5. The van der Waals surface area contributed by atoms with E-state index >= 15 is 0 Å². The second-order valence-corrected chi connectivity index (χ2v) is 6.85. The van der Waals surface area contributed by atoms with Crippen molar-refractivity contribution < 1.29 is 13.6 Å². The van der Waals surface area contributed by atoms with Crippen LogP contribution in [-0.2, 0) is 11.3 Å². The van der Waals surface area contributed by atoms with Gasteiger partial charge in [-0.15, -0.1) is 0 Å². The van der Waals surface area contributed by atoms with E-state index in [-0.39, 0.29) is 23.9 Å². The maximum Gasteiger partial charge on any atom is 0.228 e. The summed E-state index contributed by atoms with van der Waals surface area (Å²) in [4.78, 5) is 16.2. The topological polar surface area (TPSA) is 47.6 Å². The minimum atomic E-state index is -0.554. The number of nitrogens with zero attached hydrogens (tertiary/aromatic N) is 2. The maximum atomic E-state index is 13.4. The van der Waals surface area contributed by atoms with Gasteiger partial charge in [-0.05, 0) is 37.1 Å². The van der Waals surface area contributed by atoms with Crippen LogP contribution in [0.3, 0.4) is 0 Å². The van der Waals surface area contributed by atoms with Crippen LogP contribution in [0.15, 0.2) is 18.2 Å². The van der Waals surface area contributed by atoms with Crippen molar-refractivity contribution in [3.05, 3.63) is 35.4 Å². The fourth-order valence-corrected chi connectivity index (χ4v) is 3.84. The zero-order chi connectivity index (χ0) is 17.3. The van der Waals surface area contributed by atoms with Crippen LogP contribution in [0.25, 0.3) is 0 Å². The Hall–Kier alpha value is -1.57. The lowest BCUT2D eigenvalue weighted by molar-refractivity contribution is -0.133. The first-order valence-electron chi connectivity index (χ1n) is 8.34. The summed E-state index contributed by atoms with van der Waals surface area (Å²) >= 11 is 0. The molecule has 3 atom stereocenters. The summed E-state index contributed by atoms with van der Waals surface area (Å²) in [6, 6.07) is 3.81. The van der Waals surface area contributed by atoms with Crippen molar-refractivity contribution in [2.24, 2.45) is 5.92 Å². The van der Waals surface area contributed by atoms with Gasteiger partial charge in [-0.2, -0.15) is 0 Å². The smallest absolute Gasteiger partial charge is 0.228 e. The highest BCUT2D eigenvalue weighted by atomic mass is 19.1. The number of hydrazine groups is 1. The molecule has 0 spiro atoms. The summed E-state index contributed by atoms with van der Waals surface area (Å²) in [5, 5.41) is 0. The van der Waals surface area contributed by atoms with Gasteiger partial charge in [-0.25, -0.2) is 8.78 Å². The van der Waals surface area contributed by atoms with Crippen molar-refractivity contribution in [3.63, 3.8) is 0 Å². The van der Waals surface area contributed by atoms with Crippen LogP contribution in [0.5, 0.6) is 0 Å². The Morgan fingerprint density at radius 2 is 2.00 bits per heavy atom. The van der Waals surface area contributed by atoms with Gasteiger partial charge >= 0.3 is 0 Å². The summed E-state index contributed by atoms with van der Waals surface area (Å²) < 4.78 is 26.9. The van der Waals surface area contributed by atoms with Crippen molar-refractivity contribution >= 4 is 5.91 Å². The molecule has 1 aromatic carbocycles. The molecule has 5 nitrogen and oxygen atoms in total. The fourth-order valence-electron chi connectivity index (χ4n) is 3.84. The van der Waals surface area contributed by atoms with Crippen molar-refractivity contribution in [1.82, 2.24) is 20.7 Å². The van der Waals surface area contributed by atoms with Gasteiger partial charge in [-0.1, -0.05) is 0 Å². The summed E-state index contributed by atoms with van der Waals surface area (Å²) in [5.74, 6) is -1.14. The molecule has 2 saturated heterocycles. The van der Waals surface area contributed by atoms with E-state index in [9.17, 15) is 13.6 Å². The molecule has 1 amide bonds. The third kappa shape index (κ3) is 3.58. The summed E-state index contributed by atoms with van der Waals surface area (Å²) in [7, 11) is 3.53. The first kappa shape index (κ1) is 17.3. The van der Waals surface area contributed by atoms with E-state index in [4.69, 9.17) is 0 Å². The lowest BCUT2D eigenvalue weighted by atomic mass is 9.92. The molecule has 0 aliphatic carbocycles. The number of rotatable bonds is 4. The second kappa shape index (κ2) is 7.13. The number of likely N-dealkylation sites (tertiary alicyclic amines) is 1. The quantitative estimate of drug-likeness (QED) is 0.864. The summed E-state index contributed by atoms with van der Waals surface area (Å²) in [6.07, 6.45) is 1.98. The van der Waals surface area contributed by atoms with Crippen LogP contribution in [0.4, 0.5) is 8.78 Å². The summed E-state index contributed by atoms with van der Waals surface area (Å²) in [6.45, 7) is 1.95. The molecule has 7 heteroatoms. The third-order valence-corrected chi connectivity index (χ3v) is 4.92. The lowest BCUT2D eigenvalue weighted by Crippen LogP contribution is -2.51. The molecule has 3 rings (SSSR count). The molecular formula is C17H24F2N4O. The van der Waals surface area contributed by atoms with Crippen LogP contribution in [0.1, 0.15) is 18.4 Å². The van der Waals surface area contributed by atoms with Crippen molar-refractivity contribution in [3.8, 4) is 0 Å². The van der Waals surface area contributed by atoms with Gasteiger partial charge in [-0.3, -0.25) is 20.5 Å². The summed E-state index contributed by atoms with van der Waals surface area (Å²) in [5.41, 5.74) is 6.95. The highest BCUT2D eigenvalue weighted by molar-refractivity contribution is 5.79. The van der Waals surface area contributed by atoms with E-state index in [1.165, 1.54) is 12.1 Å². The largest absolute Gasteiger partial charge is 0.348 e. The Morgan fingerprint density at radius 3 is 2.67 bits per heavy atom. The van der Waals surface area contributed by atoms with Crippen LogP contribution >= 0.6 is 0 Å². The van der Waals surface area contributed by atoms with Crippen LogP contribution in [0.2, 0.25) is 0 Å². The third-order valence-electron chi connectivity index (χ3n) is 4.92. The molecule has 2 fully saturated rings. The van der Waals surface area contributed by atoms with E-state index in [0.717, 1.165) is 25.5 Å². The van der Waals surface area contributed by atoms with Crippen molar-refractivity contribution in [1.29, 1.82) is 0 Å². The molecular weight excluding hydrogens is 314 g/mol. The van der Waals surface area contributed by atoms with E-state index in [1.54, 1.807) is 19.0 Å². The zero-order valence-electron chi connectivity index (χ0n) is 14.1. The van der Waals surface area contributed by atoms with Crippen LogP contribution < -0.4 is 10.9 Å². The van der Waals surface area contributed by atoms with E-state index in [0.29, 0.717) is 18.7 Å². The molecule has 2 aliphatic rings. The minimum Gasteiger partial charge on any atom is -0.348 e. The lowest BCUT2D eigenvalue weighted by Gasteiger charge is -2.32. The molecule has 2 heterocycles. The number of hydrogen-bond acceptors (Lipinski definition) is 4. The molecule has 132 valence electrons. The number of amides is 1. The van der Waals surface area contributed by atoms with Crippen LogP contribution in [0, 0.1) is 17.6 Å². The average Bonchev–Trinajstić information content (AvgIpc) is 3.13. The number of hydrogen-bond donors (Lipinski definition) is 2. The van der Waals surface area contributed by atoms with Gasteiger partial charge < -0.3 is 4.90 Å². The number of carbonyl (C=O) groups excluding carboxylic acids is 1. The molecule has 2 N–H and O–H groups in total. The Kier molecular flexibility index (Phi) is 5.12. The van der Waals surface area contributed by atoms with E-state index in [1.807, 2.05) is 0 Å². The van der Waals surface area contributed by atoms with E-state index in [2.05, 4.69) is 15.8 Å². The Labute approximate surface area is 141 Å². The van der Waals surface area contributed by atoms with Gasteiger partial charge in [0.05, 0.1) is 5.92 Å². The highest BCUT2D eigenvalue weighted by Gasteiger charge is 2.42. The number of benzene rings is 1. The molecule has 3 unspecified atom stereocenters. The molecule has 2 aliphatic heterocycles. The average molecular weight is 338 g/mol. The SMILES string of the molecule is CN(C)C(=O)C1CNNC1C1CCCN1Cc1cc(F)cc(F)c1. The first-order valence-corrected chi connectivity index (χ1v) is 8.34.